The number of benzene rings is 2. The van der Waals surface area contributed by atoms with Gasteiger partial charge in [-0.05, 0) is 35.9 Å². The minimum atomic E-state index is -0.868. The number of fused-ring (bicyclic) bond motifs is 2. The molecule has 11 nitrogen and oxygen atoms in total. The van der Waals surface area contributed by atoms with Crippen molar-refractivity contribution in [3.8, 4) is 28.7 Å². The van der Waals surface area contributed by atoms with E-state index in [1.165, 1.54) is 12.0 Å². The minimum Gasteiger partial charge on any atom is -0.507 e. The molecule has 2 aromatic carbocycles. The summed E-state index contributed by atoms with van der Waals surface area (Å²) >= 11 is 0. The van der Waals surface area contributed by atoms with Crippen LogP contribution in [0.2, 0.25) is 0 Å². The number of aliphatic hydroxyl groups is 1. The number of nitrogens with zero attached hydrogens (tertiary/aromatic N) is 2. The maximum absolute atomic E-state index is 13.5. The number of Topliss-reactive ketones (excluding diaryl/α,β-unsaturated/α-hetero) is 1. The molecule has 4 aliphatic heterocycles. The Morgan fingerprint density at radius 2 is 1.74 bits per heavy atom. The van der Waals surface area contributed by atoms with Crippen LogP contribution in [0.5, 0.6) is 28.7 Å². The Balaban J connectivity index is 1.43. The van der Waals surface area contributed by atoms with Gasteiger partial charge < -0.3 is 38.4 Å². The highest BCUT2D eigenvalue weighted by atomic mass is 16.7. The van der Waals surface area contributed by atoms with Gasteiger partial charge in [0.15, 0.2) is 23.0 Å². The molecule has 4 aliphatic rings. The summed E-state index contributed by atoms with van der Waals surface area (Å²) in [5, 5.41) is 11.5. The summed E-state index contributed by atoms with van der Waals surface area (Å²) in [6.45, 7) is 4.38. The predicted molar refractivity (Wildman–Crippen MR) is 133 cm³/mol. The van der Waals surface area contributed by atoms with Gasteiger partial charge in [0.1, 0.15) is 19.0 Å². The van der Waals surface area contributed by atoms with E-state index in [1.807, 2.05) is 0 Å². The van der Waals surface area contributed by atoms with E-state index >= 15 is 0 Å². The lowest BCUT2D eigenvalue weighted by molar-refractivity contribution is -0.140. The summed E-state index contributed by atoms with van der Waals surface area (Å²) in [7, 11) is 1.51. The van der Waals surface area contributed by atoms with Crippen molar-refractivity contribution in [2.75, 3.05) is 66.5 Å². The number of methoxy groups -OCH3 is 1. The van der Waals surface area contributed by atoms with Crippen molar-refractivity contribution in [2.45, 2.75) is 6.04 Å². The minimum absolute atomic E-state index is 0.0189. The molecule has 0 saturated carbocycles. The molecule has 0 spiro atoms. The van der Waals surface area contributed by atoms with Crippen LogP contribution in [0.1, 0.15) is 17.2 Å². The average molecular weight is 525 g/mol. The Kier molecular flexibility index (Phi) is 6.46. The molecule has 11 heteroatoms. The molecule has 4 heterocycles. The largest absolute Gasteiger partial charge is 0.507 e. The zero-order valence-corrected chi connectivity index (χ0v) is 20.9. The number of aliphatic hydroxyl groups excluding tert-OH is 1. The van der Waals surface area contributed by atoms with E-state index in [1.54, 1.807) is 30.3 Å². The van der Waals surface area contributed by atoms with Gasteiger partial charge in [0.05, 0.1) is 31.9 Å². The van der Waals surface area contributed by atoms with Gasteiger partial charge in [-0.3, -0.25) is 14.5 Å². The summed E-state index contributed by atoms with van der Waals surface area (Å²) in [5.74, 6) is 0.577. The van der Waals surface area contributed by atoms with Gasteiger partial charge >= 0.3 is 0 Å². The lowest BCUT2D eigenvalue weighted by Gasteiger charge is -2.31. The van der Waals surface area contributed by atoms with Gasteiger partial charge in [0, 0.05) is 31.7 Å². The molecule has 0 radical (unpaired) electrons. The zero-order valence-electron chi connectivity index (χ0n) is 20.9. The van der Waals surface area contributed by atoms with Crippen molar-refractivity contribution in [3.05, 3.63) is 47.0 Å². The highest BCUT2D eigenvalue weighted by Crippen LogP contribution is 2.47. The van der Waals surface area contributed by atoms with E-state index in [-0.39, 0.29) is 24.7 Å². The molecule has 200 valence electrons. The van der Waals surface area contributed by atoms with Gasteiger partial charge in [0.25, 0.3) is 11.7 Å². The average Bonchev–Trinajstić information content (AvgIpc) is 3.53. The SMILES string of the molecule is COc1cc(C2C(=C(O)c3ccc4c(c3)OCCO4)C(=O)C(=O)N2CCN2CCOCC2)cc2c1OCO2. The zero-order chi connectivity index (χ0) is 26.2. The third-order valence-corrected chi connectivity index (χ3v) is 7.11. The number of ketones is 1. The molecular weight excluding hydrogens is 496 g/mol. The highest BCUT2D eigenvalue weighted by Gasteiger charge is 2.47. The van der Waals surface area contributed by atoms with E-state index < -0.39 is 17.7 Å². The lowest BCUT2D eigenvalue weighted by Crippen LogP contribution is -2.42. The molecule has 1 unspecified atom stereocenters. The van der Waals surface area contributed by atoms with Crippen LogP contribution in [0.15, 0.2) is 35.9 Å². The number of morpholine rings is 1. The van der Waals surface area contributed by atoms with Crippen LogP contribution < -0.4 is 23.7 Å². The first-order valence-electron chi connectivity index (χ1n) is 12.5. The molecule has 38 heavy (non-hydrogen) atoms. The number of likely N-dealkylation sites (tertiary alicyclic amines) is 1. The fraction of sp³-hybridized carbons (Fsp3) is 0.407. The molecule has 0 bridgehead atoms. The molecular formula is C27H28N2O9. The van der Waals surface area contributed by atoms with E-state index in [9.17, 15) is 14.7 Å². The summed E-state index contributed by atoms with van der Waals surface area (Å²) in [6, 6.07) is 7.50. The summed E-state index contributed by atoms with van der Waals surface area (Å²) < 4.78 is 33.3. The first-order valence-corrected chi connectivity index (χ1v) is 12.5. The first kappa shape index (κ1) is 24.4. The molecule has 1 atom stereocenters. The van der Waals surface area contributed by atoms with Crippen molar-refractivity contribution < 1.29 is 43.1 Å². The van der Waals surface area contributed by atoms with Crippen LogP contribution in [0, 0.1) is 0 Å². The number of carbonyl (C=O) groups excluding carboxylic acids is 2. The first-order chi connectivity index (χ1) is 18.5. The predicted octanol–water partition coefficient (Wildman–Crippen LogP) is 1.95. The van der Waals surface area contributed by atoms with Crippen molar-refractivity contribution >= 4 is 17.4 Å². The summed E-state index contributed by atoms with van der Waals surface area (Å²) in [6.07, 6.45) is 0. The number of ether oxygens (including phenoxy) is 6. The second-order valence-electron chi connectivity index (χ2n) is 9.26. The Morgan fingerprint density at radius 1 is 0.947 bits per heavy atom. The number of hydrogen-bond acceptors (Lipinski definition) is 10. The van der Waals surface area contributed by atoms with E-state index in [2.05, 4.69) is 4.90 Å². The summed E-state index contributed by atoms with van der Waals surface area (Å²) in [4.78, 5) is 30.5. The fourth-order valence-electron chi connectivity index (χ4n) is 5.19. The van der Waals surface area contributed by atoms with Gasteiger partial charge in [-0.2, -0.15) is 0 Å². The van der Waals surface area contributed by atoms with Crippen molar-refractivity contribution in [1.82, 2.24) is 9.80 Å². The van der Waals surface area contributed by atoms with Gasteiger partial charge in [-0.1, -0.05) is 0 Å². The Bertz CT molecular complexity index is 1300. The maximum Gasteiger partial charge on any atom is 0.295 e. The Hall–Kier alpha value is -3.96. The van der Waals surface area contributed by atoms with E-state index in [0.29, 0.717) is 72.8 Å². The summed E-state index contributed by atoms with van der Waals surface area (Å²) in [5.41, 5.74) is 0.888. The lowest BCUT2D eigenvalue weighted by atomic mass is 9.94. The maximum atomic E-state index is 13.5. The molecule has 0 aromatic heterocycles. The topological polar surface area (TPSA) is 116 Å². The van der Waals surface area contributed by atoms with Crippen LogP contribution in [0.25, 0.3) is 5.76 Å². The third kappa shape index (κ3) is 4.27. The Morgan fingerprint density at radius 3 is 2.53 bits per heavy atom. The second-order valence-corrected chi connectivity index (χ2v) is 9.26. The monoisotopic (exact) mass is 524 g/mol. The van der Waals surface area contributed by atoms with Crippen molar-refractivity contribution in [1.29, 1.82) is 0 Å². The van der Waals surface area contributed by atoms with Gasteiger partial charge in [-0.25, -0.2) is 0 Å². The van der Waals surface area contributed by atoms with Gasteiger partial charge in [0.2, 0.25) is 12.5 Å². The number of amides is 1. The van der Waals surface area contributed by atoms with Crippen molar-refractivity contribution in [3.63, 3.8) is 0 Å². The fourth-order valence-corrected chi connectivity index (χ4v) is 5.19. The standard InChI is InChI=1S/C27H28N2O9/c1-33-20-13-17(14-21-26(20)38-15-37-21)23-22(24(30)16-2-3-18-19(12-16)36-11-10-35-18)25(31)27(32)29(23)5-4-28-6-8-34-9-7-28/h2-3,12-14,23,30H,4-11,15H2,1H3. The van der Waals surface area contributed by atoms with E-state index in [0.717, 1.165) is 13.1 Å². The molecule has 2 fully saturated rings. The van der Waals surface area contributed by atoms with Crippen molar-refractivity contribution in [2.24, 2.45) is 0 Å². The third-order valence-electron chi connectivity index (χ3n) is 7.11. The van der Waals surface area contributed by atoms with Crippen LogP contribution in [0.3, 0.4) is 0 Å². The van der Waals surface area contributed by atoms with Crippen LogP contribution in [-0.2, 0) is 14.3 Å². The van der Waals surface area contributed by atoms with E-state index in [4.69, 9.17) is 28.4 Å². The quantitative estimate of drug-likeness (QED) is 0.341. The smallest absolute Gasteiger partial charge is 0.295 e. The normalized spacial score (nSPS) is 22.1. The highest BCUT2D eigenvalue weighted by molar-refractivity contribution is 6.46. The van der Waals surface area contributed by atoms with Crippen LogP contribution in [-0.4, -0.2) is 93.1 Å². The van der Waals surface area contributed by atoms with Crippen LogP contribution in [0.4, 0.5) is 0 Å². The molecule has 1 amide bonds. The number of hydrogen-bond donors (Lipinski definition) is 1. The molecule has 6 rings (SSSR count). The van der Waals surface area contributed by atoms with Crippen LogP contribution >= 0.6 is 0 Å². The Labute approximate surface area is 219 Å². The number of carbonyl (C=O) groups is 2. The number of rotatable bonds is 6. The van der Waals surface area contributed by atoms with Gasteiger partial charge in [-0.15, -0.1) is 0 Å². The molecule has 1 N–H and O–H groups in total. The second kappa shape index (κ2) is 10.1. The molecule has 2 saturated heterocycles. The molecule has 2 aromatic rings. The molecule has 0 aliphatic carbocycles.